The van der Waals surface area contributed by atoms with Gasteiger partial charge in [-0.1, -0.05) is 30.3 Å². The van der Waals surface area contributed by atoms with Crippen molar-refractivity contribution in [1.82, 2.24) is 4.98 Å². The summed E-state index contributed by atoms with van der Waals surface area (Å²) in [5.74, 6) is -0.973. The summed E-state index contributed by atoms with van der Waals surface area (Å²) in [4.78, 5) is 16.4. The summed E-state index contributed by atoms with van der Waals surface area (Å²) in [6.45, 7) is 0. The molecule has 0 aliphatic rings. The van der Waals surface area contributed by atoms with Gasteiger partial charge in [-0.2, -0.15) is 0 Å². The number of anilines is 2. The Hall–Kier alpha value is -3.60. The zero-order valence-corrected chi connectivity index (χ0v) is 13.2. The van der Waals surface area contributed by atoms with Gasteiger partial charge in [0.2, 0.25) is 0 Å². The van der Waals surface area contributed by atoms with Gasteiger partial charge >= 0.3 is 5.97 Å². The Balaban J connectivity index is 2.22. The highest BCUT2D eigenvalue weighted by atomic mass is 16.4. The van der Waals surface area contributed by atoms with Crippen LogP contribution in [-0.2, 0) is 0 Å². The molecule has 0 unspecified atom stereocenters. The number of rotatable bonds is 2. The van der Waals surface area contributed by atoms with Gasteiger partial charge in [-0.25, -0.2) is 9.78 Å². The van der Waals surface area contributed by atoms with E-state index < -0.39 is 5.97 Å². The molecule has 4 rings (SSSR count). The number of aromatic nitrogens is 1. The molecule has 0 amide bonds. The quantitative estimate of drug-likeness (QED) is 0.382. The minimum atomic E-state index is -0.973. The van der Waals surface area contributed by atoms with Crippen molar-refractivity contribution in [3.8, 4) is 11.1 Å². The smallest absolute Gasteiger partial charge is 0.336 e. The lowest BCUT2D eigenvalue weighted by Crippen LogP contribution is -2.01. The van der Waals surface area contributed by atoms with Crippen molar-refractivity contribution in [3.05, 3.63) is 66.2 Å². The van der Waals surface area contributed by atoms with Gasteiger partial charge in [0.05, 0.1) is 16.6 Å². The van der Waals surface area contributed by atoms with Crippen LogP contribution in [0.3, 0.4) is 0 Å². The highest BCUT2D eigenvalue weighted by molar-refractivity contribution is 6.13. The van der Waals surface area contributed by atoms with Crippen LogP contribution in [0.4, 0.5) is 11.4 Å². The lowest BCUT2D eigenvalue weighted by atomic mass is 9.92. The third-order valence-electron chi connectivity index (χ3n) is 4.25. The number of carboxylic acid groups (broad SMARTS) is 1. The zero-order chi connectivity index (χ0) is 17.6. The van der Waals surface area contributed by atoms with Gasteiger partial charge in [0.25, 0.3) is 0 Å². The van der Waals surface area contributed by atoms with Crippen LogP contribution in [0.25, 0.3) is 32.9 Å². The molecule has 0 atom stereocenters. The average molecular weight is 329 g/mol. The van der Waals surface area contributed by atoms with E-state index >= 15 is 0 Å². The number of aromatic carboxylic acids is 1. The number of nitrogens with zero attached hydrogens (tertiary/aromatic N) is 1. The standard InChI is InChI=1S/C20H15N3O2/c21-11-5-7-15-17(9-11)23-18-10-12(22)6-8-16(18)19(15)13-3-1-2-4-14(13)20(24)25/h1-10H,21-22H2,(H,24,25). The lowest BCUT2D eigenvalue weighted by Gasteiger charge is -2.14. The summed E-state index contributed by atoms with van der Waals surface area (Å²) in [5.41, 5.74) is 16.1. The first kappa shape index (κ1) is 15.0. The lowest BCUT2D eigenvalue weighted by molar-refractivity contribution is 0.0698. The molecule has 5 N–H and O–H groups in total. The highest BCUT2D eigenvalue weighted by Gasteiger charge is 2.17. The first-order chi connectivity index (χ1) is 12.0. The maximum Gasteiger partial charge on any atom is 0.336 e. The summed E-state index contributed by atoms with van der Waals surface area (Å²) in [5, 5.41) is 11.3. The fraction of sp³-hybridized carbons (Fsp3) is 0. The van der Waals surface area contributed by atoms with E-state index in [1.807, 2.05) is 24.3 Å². The van der Waals surface area contributed by atoms with Crippen LogP contribution < -0.4 is 11.5 Å². The molecule has 0 saturated heterocycles. The van der Waals surface area contributed by atoms with Crippen LogP contribution in [0.2, 0.25) is 0 Å². The SMILES string of the molecule is Nc1ccc2c(-c3ccccc3C(=O)O)c3ccc(N)cc3nc2c1. The second-order valence-corrected chi connectivity index (χ2v) is 5.89. The van der Waals surface area contributed by atoms with E-state index in [0.717, 1.165) is 16.3 Å². The Morgan fingerprint density at radius 3 is 1.96 bits per heavy atom. The molecule has 5 heteroatoms. The summed E-state index contributed by atoms with van der Waals surface area (Å²) in [6.07, 6.45) is 0. The molecule has 3 aromatic carbocycles. The average Bonchev–Trinajstić information content (AvgIpc) is 2.59. The number of hydrogen-bond donors (Lipinski definition) is 3. The van der Waals surface area contributed by atoms with E-state index in [1.165, 1.54) is 0 Å². The van der Waals surface area contributed by atoms with E-state index in [9.17, 15) is 9.90 Å². The Bertz CT molecular complexity index is 1090. The first-order valence-corrected chi connectivity index (χ1v) is 7.76. The molecule has 0 bridgehead atoms. The van der Waals surface area contributed by atoms with Gasteiger partial charge in [0, 0.05) is 27.7 Å². The van der Waals surface area contributed by atoms with Crippen molar-refractivity contribution in [2.24, 2.45) is 0 Å². The number of fused-ring (bicyclic) bond motifs is 2. The molecule has 0 aliphatic carbocycles. The third-order valence-corrected chi connectivity index (χ3v) is 4.25. The summed E-state index contributed by atoms with van der Waals surface area (Å²) >= 11 is 0. The number of benzene rings is 3. The molecule has 4 aromatic rings. The molecule has 0 aliphatic heterocycles. The summed E-state index contributed by atoms with van der Waals surface area (Å²) < 4.78 is 0. The molecule has 0 radical (unpaired) electrons. The second kappa shape index (κ2) is 5.49. The zero-order valence-electron chi connectivity index (χ0n) is 13.2. The van der Waals surface area contributed by atoms with Crippen LogP contribution in [0.15, 0.2) is 60.7 Å². The van der Waals surface area contributed by atoms with Crippen molar-refractivity contribution in [2.75, 3.05) is 11.5 Å². The van der Waals surface area contributed by atoms with Gasteiger partial charge in [0.15, 0.2) is 0 Å². The van der Waals surface area contributed by atoms with Crippen molar-refractivity contribution in [3.63, 3.8) is 0 Å². The maximum atomic E-state index is 11.7. The molecule has 0 spiro atoms. The third kappa shape index (κ3) is 2.42. The first-order valence-electron chi connectivity index (χ1n) is 7.76. The van der Waals surface area contributed by atoms with Crippen LogP contribution in [0, 0.1) is 0 Å². The van der Waals surface area contributed by atoms with Gasteiger partial charge in [-0.15, -0.1) is 0 Å². The van der Waals surface area contributed by atoms with E-state index in [-0.39, 0.29) is 5.56 Å². The van der Waals surface area contributed by atoms with E-state index in [2.05, 4.69) is 4.98 Å². The molecule has 0 fully saturated rings. The van der Waals surface area contributed by atoms with E-state index in [1.54, 1.807) is 36.4 Å². The van der Waals surface area contributed by atoms with Crippen molar-refractivity contribution < 1.29 is 9.90 Å². The van der Waals surface area contributed by atoms with Gasteiger partial charge in [0.1, 0.15) is 0 Å². The molecule has 122 valence electrons. The van der Waals surface area contributed by atoms with Crippen molar-refractivity contribution in [2.45, 2.75) is 0 Å². The Morgan fingerprint density at radius 1 is 0.840 bits per heavy atom. The number of nitrogens with two attached hydrogens (primary N) is 2. The number of carboxylic acids is 1. The van der Waals surface area contributed by atoms with Gasteiger partial charge < -0.3 is 16.6 Å². The molecule has 0 saturated carbocycles. The van der Waals surface area contributed by atoms with Gasteiger partial charge in [-0.3, -0.25) is 0 Å². The van der Waals surface area contributed by atoms with Crippen LogP contribution in [0.1, 0.15) is 10.4 Å². The number of nitrogen functional groups attached to an aromatic ring is 2. The summed E-state index contributed by atoms with van der Waals surface area (Å²) in [6, 6.07) is 17.9. The Morgan fingerprint density at radius 2 is 1.40 bits per heavy atom. The minimum absolute atomic E-state index is 0.241. The molecule has 5 nitrogen and oxygen atoms in total. The number of carbonyl (C=O) groups is 1. The van der Waals surface area contributed by atoms with Crippen LogP contribution in [0.5, 0.6) is 0 Å². The summed E-state index contributed by atoms with van der Waals surface area (Å²) in [7, 11) is 0. The molecular formula is C20H15N3O2. The molecular weight excluding hydrogens is 314 g/mol. The van der Waals surface area contributed by atoms with Gasteiger partial charge in [-0.05, 0) is 35.9 Å². The predicted molar refractivity (Wildman–Crippen MR) is 100 cm³/mol. The second-order valence-electron chi connectivity index (χ2n) is 5.89. The monoisotopic (exact) mass is 329 g/mol. The van der Waals surface area contributed by atoms with Crippen molar-refractivity contribution >= 4 is 39.1 Å². The number of pyridine rings is 1. The van der Waals surface area contributed by atoms with Crippen molar-refractivity contribution in [1.29, 1.82) is 0 Å². The Kier molecular flexibility index (Phi) is 3.28. The normalized spacial score (nSPS) is 11.0. The van der Waals surface area contributed by atoms with Crippen LogP contribution in [-0.4, -0.2) is 16.1 Å². The fourth-order valence-corrected chi connectivity index (χ4v) is 3.16. The highest BCUT2D eigenvalue weighted by Crippen LogP contribution is 2.37. The molecule has 1 aromatic heterocycles. The molecule has 1 heterocycles. The van der Waals surface area contributed by atoms with E-state index in [4.69, 9.17) is 11.5 Å². The van der Waals surface area contributed by atoms with E-state index in [0.29, 0.717) is 28.0 Å². The topological polar surface area (TPSA) is 102 Å². The maximum absolute atomic E-state index is 11.7. The predicted octanol–water partition coefficient (Wildman–Crippen LogP) is 3.92. The molecule has 25 heavy (non-hydrogen) atoms. The number of hydrogen-bond acceptors (Lipinski definition) is 4. The van der Waals surface area contributed by atoms with Crippen LogP contribution >= 0.6 is 0 Å². The largest absolute Gasteiger partial charge is 0.478 e. The Labute approximate surface area is 143 Å². The minimum Gasteiger partial charge on any atom is -0.478 e. The fourth-order valence-electron chi connectivity index (χ4n) is 3.16.